The van der Waals surface area contributed by atoms with Crippen LogP contribution >= 0.6 is 0 Å². The Morgan fingerprint density at radius 2 is 1.86 bits per heavy atom. The van der Waals surface area contributed by atoms with E-state index >= 15 is 0 Å². The second kappa shape index (κ2) is 6.20. The molecule has 0 aromatic carbocycles. The van der Waals surface area contributed by atoms with Crippen molar-refractivity contribution < 1.29 is 13.2 Å². The van der Waals surface area contributed by atoms with E-state index in [1.54, 1.807) is 0 Å². The van der Waals surface area contributed by atoms with Crippen molar-refractivity contribution in [3.05, 3.63) is 0 Å². The molecule has 1 heterocycles. The minimum atomic E-state index is -3.12. The largest absolute Gasteiger partial charge is 0.368 e. The maximum absolute atomic E-state index is 12.0. The summed E-state index contributed by atoms with van der Waals surface area (Å²) in [6.45, 7) is 5.47. The van der Waals surface area contributed by atoms with E-state index in [1.165, 1.54) is 10.6 Å². The standard InChI is InChI=1S/C13H26N4O3S/c1-3-15-13(12(14)18,11-4-5-11)10-16-6-8-17(9-7-16)21(2,19)20/h11,15H,3-10H2,1-2H3,(H2,14,18). The number of nitrogens with zero attached hydrogens (tertiary/aromatic N) is 2. The van der Waals surface area contributed by atoms with Crippen LogP contribution < -0.4 is 11.1 Å². The number of carbonyl (C=O) groups is 1. The average molecular weight is 318 g/mol. The minimum absolute atomic E-state index is 0.294. The fourth-order valence-electron chi connectivity index (χ4n) is 3.16. The molecule has 2 fully saturated rings. The van der Waals surface area contributed by atoms with E-state index in [4.69, 9.17) is 5.73 Å². The molecule has 8 heteroatoms. The zero-order valence-electron chi connectivity index (χ0n) is 12.8. The van der Waals surface area contributed by atoms with Crippen LogP contribution in [0.5, 0.6) is 0 Å². The molecule has 0 radical (unpaired) electrons. The van der Waals surface area contributed by atoms with Crippen LogP contribution in [0, 0.1) is 5.92 Å². The number of amides is 1. The first-order valence-electron chi connectivity index (χ1n) is 7.52. The lowest BCUT2D eigenvalue weighted by Gasteiger charge is -2.40. The molecule has 0 aromatic heterocycles. The van der Waals surface area contributed by atoms with Gasteiger partial charge in [0.15, 0.2) is 0 Å². The van der Waals surface area contributed by atoms with Gasteiger partial charge in [0.1, 0.15) is 5.54 Å². The molecular weight excluding hydrogens is 292 g/mol. The maximum Gasteiger partial charge on any atom is 0.239 e. The Kier molecular flexibility index (Phi) is 4.92. The van der Waals surface area contributed by atoms with Crippen molar-refractivity contribution in [1.29, 1.82) is 0 Å². The Morgan fingerprint density at radius 3 is 2.24 bits per heavy atom. The van der Waals surface area contributed by atoms with E-state index < -0.39 is 15.6 Å². The molecule has 0 spiro atoms. The van der Waals surface area contributed by atoms with Gasteiger partial charge in [-0.15, -0.1) is 0 Å². The van der Waals surface area contributed by atoms with E-state index in [-0.39, 0.29) is 5.91 Å². The zero-order valence-corrected chi connectivity index (χ0v) is 13.7. The Balaban J connectivity index is 2.01. The second-order valence-electron chi connectivity index (χ2n) is 6.08. The van der Waals surface area contributed by atoms with Gasteiger partial charge in [-0.25, -0.2) is 8.42 Å². The molecule has 0 aromatic rings. The summed E-state index contributed by atoms with van der Waals surface area (Å²) in [6.07, 6.45) is 3.29. The van der Waals surface area contributed by atoms with Gasteiger partial charge in [0.2, 0.25) is 15.9 Å². The first-order chi connectivity index (χ1) is 9.79. The highest BCUT2D eigenvalue weighted by molar-refractivity contribution is 7.88. The van der Waals surface area contributed by atoms with E-state index in [0.29, 0.717) is 45.2 Å². The number of nitrogens with one attached hydrogen (secondary N) is 1. The highest BCUT2D eigenvalue weighted by atomic mass is 32.2. The van der Waals surface area contributed by atoms with Crippen molar-refractivity contribution in [1.82, 2.24) is 14.5 Å². The van der Waals surface area contributed by atoms with Crippen LogP contribution in [0.4, 0.5) is 0 Å². The molecule has 1 saturated heterocycles. The van der Waals surface area contributed by atoms with Gasteiger partial charge in [-0.05, 0) is 25.3 Å². The molecule has 1 aliphatic carbocycles. The Hall–Kier alpha value is -0.700. The van der Waals surface area contributed by atoms with Gasteiger partial charge >= 0.3 is 0 Å². The maximum atomic E-state index is 12.0. The number of nitrogens with two attached hydrogens (primary N) is 1. The lowest BCUT2D eigenvalue weighted by atomic mass is 9.91. The van der Waals surface area contributed by atoms with Gasteiger partial charge in [0, 0.05) is 32.7 Å². The lowest BCUT2D eigenvalue weighted by Crippen LogP contribution is -2.64. The molecule has 2 aliphatic rings. The fraction of sp³-hybridized carbons (Fsp3) is 0.923. The third kappa shape index (κ3) is 3.74. The van der Waals surface area contributed by atoms with Crippen molar-refractivity contribution in [3.63, 3.8) is 0 Å². The first-order valence-corrected chi connectivity index (χ1v) is 9.37. The third-order valence-corrected chi connectivity index (χ3v) is 5.78. The van der Waals surface area contributed by atoms with Crippen molar-refractivity contribution in [2.45, 2.75) is 25.3 Å². The topological polar surface area (TPSA) is 95.7 Å². The molecule has 21 heavy (non-hydrogen) atoms. The molecule has 1 amide bonds. The normalized spacial score (nSPS) is 24.7. The molecular formula is C13H26N4O3S. The number of rotatable bonds is 7. The van der Waals surface area contributed by atoms with Gasteiger partial charge in [0.25, 0.3) is 0 Å². The zero-order chi connectivity index (χ0) is 15.7. The van der Waals surface area contributed by atoms with Crippen LogP contribution in [-0.2, 0) is 14.8 Å². The summed E-state index contributed by atoms with van der Waals surface area (Å²) >= 11 is 0. The number of hydrogen-bond donors (Lipinski definition) is 2. The number of primary amides is 1. The Morgan fingerprint density at radius 1 is 1.29 bits per heavy atom. The van der Waals surface area contributed by atoms with Crippen LogP contribution in [0.2, 0.25) is 0 Å². The van der Waals surface area contributed by atoms with Gasteiger partial charge in [-0.1, -0.05) is 6.92 Å². The summed E-state index contributed by atoms with van der Waals surface area (Å²) in [4.78, 5) is 14.2. The van der Waals surface area contributed by atoms with Gasteiger partial charge in [-0.2, -0.15) is 4.31 Å². The SMILES string of the molecule is CCNC(CN1CCN(S(C)(=O)=O)CC1)(C(N)=O)C1CC1. The molecule has 0 bridgehead atoms. The van der Waals surface area contributed by atoms with E-state index in [2.05, 4.69) is 10.2 Å². The molecule has 7 nitrogen and oxygen atoms in total. The van der Waals surface area contributed by atoms with Gasteiger partial charge in [-0.3, -0.25) is 9.69 Å². The second-order valence-corrected chi connectivity index (χ2v) is 8.06. The summed E-state index contributed by atoms with van der Waals surface area (Å²) in [5, 5.41) is 3.30. The molecule has 1 atom stereocenters. The summed E-state index contributed by atoms with van der Waals surface area (Å²) in [7, 11) is -3.12. The summed E-state index contributed by atoms with van der Waals surface area (Å²) in [6, 6.07) is 0. The monoisotopic (exact) mass is 318 g/mol. The molecule has 3 N–H and O–H groups in total. The molecule has 2 rings (SSSR count). The van der Waals surface area contributed by atoms with E-state index in [1.807, 2.05) is 6.92 Å². The van der Waals surface area contributed by atoms with Gasteiger partial charge in [0.05, 0.1) is 6.26 Å². The van der Waals surface area contributed by atoms with Crippen molar-refractivity contribution >= 4 is 15.9 Å². The number of likely N-dealkylation sites (N-methyl/N-ethyl adjacent to an activating group) is 1. The van der Waals surface area contributed by atoms with Crippen molar-refractivity contribution in [2.24, 2.45) is 11.7 Å². The quantitative estimate of drug-likeness (QED) is 0.615. The predicted molar refractivity (Wildman–Crippen MR) is 81.2 cm³/mol. The summed E-state index contributed by atoms with van der Waals surface area (Å²) in [5.41, 5.74) is 5.01. The number of carbonyl (C=O) groups excluding carboxylic acids is 1. The van der Waals surface area contributed by atoms with Crippen LogP contribution in [0.3, 0.4) is 0 Å². The highest BCUT2D eigenvalue weighted by Crippen LogP contribution is 2.40. The molecule has 122 valence electrons. The van der Waals surface area contributed by atoms with Crippen LogP contribution in [-0.4, -0.2) is 74.6 Å². The van der Waals surface area contributed by atoms with Crippen molar-refractivity contribution in [3.8, 4) is 0 Å². The number of sulfonamides is 1. The average Bonchev–Trinajstić information content (AvgIpc) is 3.22. The first kappa shape index (κ1) is 16.7. The van der Waals surface area contributed by atoms with Crippen LogP contribution in [0.15, 0.2) is 0 Å². The Bertz CT molecular complexity index is 484. The summed E-state index contributed by atoms with van der Waals surface area (Å²) < 4.78 is 24.5. The fourth-order valence-corrected chi connectivity index (χ4v) is 3.99. The smallest absolute Gasteiger partial charge is 0.239 e. The van der Waals surface area contributed by atoms with Crippen molar-refractivity contribution in [2.75, 3.05) is 45.5 Å². The van der Waals surface area contributed by atoms with Crippen LogP contribution in [0.1, 0.15) is 19.8 Å². The number of hydrogen-bond acceptors (Lipinski definition) is 5. The van der Waals surface area contributed by atoms with Crippen LogP contribution in [0.25, 0.3) is 0 Å². The van der Waals surface area contributed by atoms with Gasteiger partial charge < -0.3 is 11.1 Å². The molecule has 1 saturated carbocycles. The predicted octanol–water partition coefficient (Wildman–Crippen LogP) is -1.19. The minimum Gasteiger partial charge on any atom is -0.368 e. The highest BCUT2D eigenvalue weighted by Gasteiger charge is 2.50. The Labute approximate surface area is 126 Å². The van der Waals surface area contributed by atoms with E-state index in [9.17, 15) is 13.2 Å². The lowest BCUT2D eigenvalue weighted by molar-refractivity contribution is -0.126. The molecule has 1 unspecified atom stereocenters. The number of piperazine rings is 1. The molecule has 1 aliphatic heterocycles. The third-order valence-electron chi connectivity index (χ3n) is 4.48. The van der Waals surface area contributed by atoms with E-state index in [0.717, 1.165) is 12.8 Å². The summed E-state index contributed by atoms with van der Waals surface area (Å²) in [5.74, 6) is 0.0141.